The highest BCUT2D eigenvalue weighted by Crippen LogP contribution is 2.26. The third-order valence-electron chi connectivity index (χ3n) is 3.32. The number of hydrogen-bond donors (Lipinski definition) is 2. The molecule has 4 heteroatoms. The molecule has 2 rings (SSSR count). The third kappa shape index (κ3) is 4.33. The number of aliphatic hydroxyl groups is 1. The molecule has 0 heterocycles. The van der Waals surface area contributed by atoms with Crippen molar-refractivity contribution in [1.82, 2.24) is 0 Å². The van der Waals surface area contributed by atoms with E-state index in [-0.39, 0.29) is 23.7 Å². The maximum Gasteiger partial charge on any atom is 0.196 e. The average Bonchev–Trinajstić information content (AvgIpc) is 2.55. The van der Waals surface area contributed by atoms with E-state index in [2.05, 4.69) is 0 Å². The number of carbonyl (C=O) groups excluding carboxylic acids is 1. The van der Waals surface area contributed by atoms with Crippen molar-refractivity contribution >= 4 is 5.78 Å². The molecule has 0 saturated carbocycles. The van der Waals surface area contributed by atoms with E-state index >= 15 is 0 Å². The quantitative estimate of drug-likeness (QED) is 0.580. The SMILES string of the molecule is O=C(c1ccccc1)c1ccc(OCCCCCO)cc1O. The summed E-state index contributed by atoms with van der Waals surface area (Å²) in [5.74, 6) is 0.236. The molecule has 22 heavy (non-hydrogen) atoms. The molecule has 0 aliphatic rings. The predicted molar refractivity (Wildman–Crippen MR) is 84.4 cm³/mol. The fourth-order valence-corrected chi connectivity index (χ4v) is 2.12. The first kappa shape index (κ1) is 16.0. The average molecular weight is 300 g/mol. The number of aromatic hydroxyl groups is 1. The summed E-state index contributed by atoms with van der Waals surface area (Å²) in [6.45, 7) is 0.711. The van der Waals surface area contributed by atoms with Crippen molar-refractivity contribution in [2.75, 3.05) is 13.2 Å². The zero-order chi connectivity index (χ0) is 15.8. The number of carbonyl (C=O) groups is 1. The van der Waals surface area contributed by atoms with Gasteiger partial charge in [0.15, 0.2) is 5.78 Å². The fourth-order valence-electron chi connectivity index (χ4n) is 2.12. The molecular formula is C18H20O4. The number of hydrogen-bond acceptors (Lipinski definition) is 4. The molecule has 0 spiro atoms. The van der Waals surface area contributed by atoms with Crippen LogP contribution in [-0.4, -0.2) is 29.2 Å². The Balaban J connectivity index is 1.99. The normalized spacial score (nSPS) is 10.4. The predicted octanol–water partition coefficient (Wildman–Crippen LogP) is 3.16. The highest BCUT2D eigenvalue weighted by molar-refractivity contribution is 6.10. The number of ketones is 1. The molecule has 0 aromatic heterocycles. The van der Waals surface area contributed by atoms with E-state index in [1.165, 1.54) is 6.07 Å². The summed E-state index contributed by atoms with van der Waals surface area (Å²) in [5.41, 5.74) is 0.800. The topological polar surface area (TPSA) is 66.8 Å². The first-order valence-electron chi connectivity index (χ1n) is 7.39. The van der Waals surface area contributed by atoms with E-state index in [9.17, 15) is 9.90 Å². The molecule has 0 aliphatic heterocycles. The fraction of sp³-hybridized carbons (Fsp3) is 0.278. The van der Waals surface area contributed by atoms with Gasteiger partial charge < -0.3 is 14.9 Å². The molecule has 2 aromatic carbocycles. The van der Waals surface area contributed by atoms with Gasteiger partial charge in [0, 0.05) is 18.2 Å². The van der Waals surface area contributed by atoms with Crippen LogP contribution in [0.4, 0.5) is 0 Å². The Morgan fingerprint density at radius 1 is 1.00 bits per heavy atom. The van der Waals surface area contributed by atoms with Crippen molar-refractivity contribution in [3.8, 4) is 11.5 Å². The molecule has 0 radical (unpaired) electrons. The second kappa shape index (κ2) is 8.20. The summed E-state index contributed by atoms with van der Waals surface area (Å²) >= 11 is 0. The largest absolute Gasteiger partial charge is 0.507 e. The molecule has 0 saturated heterocycles. The molecule has 0 amide bonds. The smallest absolute Gasteiger partial charge is 0.196 e. The van der Waals surface area contributed by atoms with E-state index in [0.717, 1.165) is 19.3 Å². The van der Waals surface area contributed by atoms with Gasteiger partial charge in [-0.05, 0) is 31.4 Å². The van der Waals surface area contributed by atoms with Gasteiger partial charge in [0.25, 0.3) is 0 Å². The molecule has 0 aliphatic carbocycles. The van der Waals surface area contributed by atoms with E-state index < -0.39 is 0 Å². The molecule has 0 bridgehead atoms. The van der Waals surface area contributed by atoms with Crippen molar-refractivity contribution in [3.05, 3.63) is 59.7 Å². The number of aliphatic hydroxyl groups excluding tert-OH is 1. The van der Waals surface area contributed by atoms with Gasteiger partial charge in [-0.25, -0.2) is 0 Å². The zero-order valence-corrected chi connectivity index (χ0v) is 12.4. The zero-order valence-electron chi connectivity index (χ0n) is 12.4. The highest BCUT2D eigenvalue weighted by Gasteiger charge is 2.13. The number of unbranched alkanes of at least 4 members (excludes halogenated alkanes) is 2. The van der Waals surface area contributed by atoms with Crippen LogP contribution in [0.3, 0.4) is 0 Å². The van der Waals surface area contributed by atoms with Crippen molar-refractivity contribution in [2.24, 2.45) is 0 Å². The van der Waals surface area contributed by atoms with Crippen molar-refractivity contribution in [1.29, 1.82) is 0 Å². The minimum Gasteiger partial charge on any atom is -0.507 e. The van der Waals surface area contributed by atoms with E-state index in [1.807, 2.05) is 6.07 Å². The van der Waals surface area contributed by atoms with Gasteiger partial charge in [-0.2, -0.15) is 0 Å². The number of rotatable bonds is 8. The third-order valence-corrected chi connectivity index (χ3v) is 3.32. The minimum absolute atomic E-state index is 0.0817. The summed E-state index contributed by atoms with van der Waals surface area (Å²) in [5, 5.41) is 18.7. The minimum atomic E-state index is -0.215. The lowest BCUT2D eigenvalue weighted by Crippen LogP contribution is -2.02. The van der Waals surface area contributed by atoms with Gasteiger partial charge in [-0.3, -0.25) is 4.79 Å². The van der Waals surface area contributed by atoms with Crippen LogP contribution in [0, 0.1) is 0 Å². The Bertz CT molecular complexity index is 608. The summed E-state index contributed by atoms with van der Waals surface area (Å²) in [4.78, 5) is 12.3. The highest BCUT2D eigenvalue weighted by atomic mass is 16.5. The standard InChI is InChI=1S/C18H20O4/c19-11-5-2-6-12-22-15-9-10-16(17(20)13-15)18(21)14-7-3-1-4-8-14/h1,3-4,7-10,13,19-20H,2,5-6,11-12H2. The van der Waals surface area contributed by atoms with E-state index in [4.69, 9.17) is 9.84 Å². The van der Waals surface area contributed by atoms with Crippen LogP contribution in [0.25, 0.3) is 0 Å². The van der Waals surface area contributed by atoms with Gasteiger partial charge >= 0.3 is 0 Å². The molecule has 0 fully saturated rings. The molecule has 2 N–H and O–H groups in total. The lowest BCUT2D eigenvalue weighted by molar-refractivity contribution is 0.103. The van der Waals surface area contributed by atoms with Crippen LogP contribution in [0.1, 0.15) is 35.2 Å². The molecular weight excluding hydrogens is 280 g/mol. The second-order valence-electron chi connectivity index (χ2n) is 5.01. The first-order chi connectivity index (χ1) is 10.7. The van der Waals surface area contributed by atoms with Gasteiger partial charge in [0.1, 0.15) is 11.5 Å². The van der Waals surface area contributed by atoms with Gasteiger partial charge in [-0.1, -0.05) is 30.3 Å². The second-order valence-corrected chi connectivity index (χ2v) is 5.01. The van der Waals surface area contributed by atoms with Gasteiger partial charge in [0.05, 0.1) is 12.2 Å². The summed E-state index contributed by atoms with van der Waals surface area (Å²) in [6, 6.07) is 13.6. The monoisotopic (exact) mass is 300 g/mol. The summed E-state index contributed by atoms with van der Waals surface area (Å²) in [7, 11) is 0. The van der Waals surface area contributed by atoms with Gasteiger partial charge in [-0.15, -0.1) is 0 Å². The Morgan fingerprint density at radius 3 is 2.45 bits per heavy atom. The van der Waals surface area contributed by atoms with Crippen LogP contribution < -0.4 is 4.74 Å². The molecule has 116 valence electrons. The maximum absolute atomic E-state index is 12.3. The van der Waals surface area contributed by atoms with Crippen molar-refractivity contribution in [3.63, 3.8) is 0 Å². The molecule has 0 atom stereocenters. The van der Waals surface area contributed by atoms with E-state index in [1.54, 1.807) is 36.4 Å². The Kier molecular flexibility index (Phi) is 5.98. The lowest BCUT2D eigenvalue weighted by atomic mass is 10.0. The van der Waals surface area contributed by atoms with E-state index in [0.29, 0.717) is 17.9 Å². The summed E-state index contributed by atoms with van der Waals surface area (Å²) in [6.07, 6.45) is 2.50. The molecule has 0 unspecified atom stereocenters. The van der Waals surface area contributed by atoms with Crippen LogP contribution in [0.2, 0.25) is 0 Å². The Labute approximate surface area is 130 Å². The maximum atomic E-state index is 12.3. The Hall–Kier alpha value is -2.33. The number of phenolic OH excluding ortho intramolecular Hbond substituents is 1. The van der Waals surface area contributed by atoms with Crippen LogP contribution in [-0.2, 0) is 0 Å². The summed E-state index contributed by atoms with van der Waals surface area (Å²) < 4.78 is 5.52. The number of ether oxygens (including phenoxy) is 1. The lowest BCUT2D eigenvalue weighted by Gasteiger charge is -2.09. The van der Waals surface area contributed by atoms with Gasteiger partial charge in [0.2, 0.25) is 0 Å². The number of phenols is 1. The van der Waals surface area contributed by atoms with Crippen LogP contribution in [0.5, 0.6) is 11.5 Å². The molecule has 2 aromatic rings. The van der Waals surface area contributed by atoms with Crippen LogP contribution >= 0.6 is 0 Å². The van der Waals surface area contributed by atoms with Crippen molar-refractivity contribution < 1.29 is 19.7 Å². The number of benzene rings is 2. The molecule has 4 nitrogen and oxygen atoms in total. The van der Waals surface area contributed by atoms with Crippen molar-refractivity contribution in [2.45, 2.75) is 19.3 Å². The first-order valence-corrected chi connectivity index (χ1v) is 7.39. The van der Waals surface area contributed by atoms with Crippen LogP contribution in [0.15, 0.2) is 48.5 Å². The Morgan fingerprint density at radius 2 is 1.77 bits per heavy atom.